The van der Waals surface area contributed by atoms with Crippen LogP contribution < -0.4 is 11.1 Å². The molecule has 3 N–H and O–H groups in total. The summed E-state index contributed by atoms with van der Waals surface area (Å²) in [7, 11) is 3.28. The minimum Gasteiger partial charge on any atom is -0.383 e. The van der Waals surface area contributed by atoms with Gasteiger partial charge < -0.3 is 20.7 Å². The molecule has 11 heteroatoms. The van der Waals surface area contributed by atoms with E-state index in [2.05, 4.69) is 52.9 Å². The molecule has 5 rings (SSSR count). The van der Waals surface area contributed by atoms with Gasteiger partial charge in [-0.25, -0.2) is 4.68 Å². The number of aromatic nitrogens is 4. The summed E-state index contributed by atoms with van der Waals surface area (Å²) in [5.41, 5.74) is 9.60. The average Bonchev–Trinajstić information content (AvgIpc) is 3.60. The Kier molecular flexibility index (Phi) is 7.29. The molecule has 1 aliphatic carbocycles. The fraction of sp³-hybridized carbons (Fsp3) is 0.414. The van der Waals surface area contributed by atoms with E-state index < -0.39 is 5.91 Å². The molecule has 0 unspecified atom stereocenters. The van der Waals surface area contributed by atoms with E-state index in [0.29, 0.717) is 41.5 Å². The number of halogens is 1. The first kappa shape index (κ1) is 27.6. The predicted octanol–water partition coefficient (Wildman–Crippen LogP) is 3.22. The van der Waals surface area contributed by atoms with E-state index in [1.165, 1.54) is 11.6 Å². The van der Waals surface area contributed by atoms with Gasteiger partial charge in [0.25, 0.3) is 5.91 Å². The highest BCUT2D eigenvalue weighted by molar-refractivity contribution is 6.32. The average molecular weight is 562 g/mol. The summed E-state index contributed by atoms with van der Waals surface area (Å²) in [6.07, 6.45) is 3.76. The number of hydrogen-bond acceptors (Lipinski definition) is 7. The Bertz CT molecular complexity index is 1600. The Morgan fingerprint density at radius 1 is 1.32 bits per heavy atom. The maximum absolute atomic E-state index is 12.6. The second-order valence-corrected chi connectivity index (χ2v) is 11.2. The van der Waals surface area contributed by atoms with Gasteiger partial charge >= 0.3 is 0 Å². The summed E-state index contributed by atoms with van der Waals surface area (Å²) < 4.78 is 7.01. The van der Waals surface area contributed by atoms with Crippen molar-refractivity contribution in [2.24, 2.45) is 5.73 Å². The van der Waals surface area contributed by atoms with Gasteiger partial charge in [0.05, 0.1) is 34.9 Å². The van der Waals surface area contributed by atoms with Gasteiger partial charge in [0, 0.05) is 31.7 Å². The van der Waals surface area contributed by atoms with Crippen molar-refractivity contribution in [3.8, 4) is 11.8 Å². The molecule has 2 aromatic heterocycles. The normalized spacial score (nSPS) is 19.3. The minimum absolute atomic E-state index is 0.0127. The van der Waals surface area contributed by atoms with Gasteiger partial charge in [0.1, 0.15) is 11.4 Å². The molecule has 0 bridgehead atoms. The Morgan fingerprint density at radius 2 is 2.10 bits per heavy atom. The zero-order valence-corrected chi connectivity index (χ0v) is 23.8. The number of methoxy groups -OCH3 is 1. The molecule has 2 amide bonds. The van der Waals surface area contributed by atoms with E-state index >= 15 is 0 Å². The Balaban J connectivity index is 1.55. The number of amides is 2. The van der Waals surface area contributed by atoms with Crippen molar-refractivity contribution in [2.75, 3.05) is 32.6 Å². The molecular weight excluding hydrogens is 530 g/mol. The number of ether oxygens (including phenoxy) is 1. The lowest BCUT2D eigenvalue weighted by molar-refractivity contribution is -0.127. The molecule has 2 aliphatic rings. The summed E-state index contributed by atoms with van der Waals surface area (Å²) in [6, 6.07) is 3.32. The number of benzene rings is 1. The Labute approximate surface area is 237 Å². The van der Waals surface area contributed by atoms with E-state index in [-0.39, 0.29) is 34.7 Å². The minimum atomic E-state index is -0.668. The molecule has 2 atom stereocenters. The first-order valence-electron chi connectivity index (χ1n) is 13.1. The number of nitrogens with one attached hydrogen (secondary N) is 1. The maximum atomic E-state index is 12.6. The molecule has 0 spiro atoms. The van der Waals surface area contributed by atoms with Crippen molar-refractivity contribution in [2.45, 2.75) is 50.6 Å². The van der Waals surface area contributed by atoms with Gasteiger partial charge in [-0.2, -0.15) is 15.3 Å². The van der Waals surface area contributed by atoms with Gasteiger partial charge in [0.15, 0.2) is 5.69 Å². The van der Waals surface area contributed by atoms with Crippen molar-refractivity contribution in [3.05, 3.63) is 57.9 Å². The van der Waals surface area contributed by atoms with E-state index in [9.17, 15) is 9.59 Å². The van der Waals surface area contributed by atoms with Crippen molar-refractivity contribution in [1.82, 2.24) is 24.9 Å². The molecule has 3 heterocycles. The first-order chi connectivity index (χ1) is 19.1. The second kappa shape index (κ2) is 10.6. The zero-order chi connectivity index (χ0) is 28.8. The fourth-order valence-corrected chi connectivity index (χ4v) is 6.15. The number of fused-ring (bicyclic) bond motifs is 3. The monoisotopic (exact) mass is 561 g/mol. The molecule has 208 valence electrons. The summed E-state index contributed by atoms with van der Waals surface area (Å²) >= 11 is 6.70. The molecule has 0 radical (unpaired) electrons. The number of primary amides is 1. The smallest absolute Gasteiger partial charge is 0.255 e. The Hall–Kier alpha value is -3.94. The van der Waals surface area contributed by atoms with Gasteiger partial charge in [-0.05, 0) is 54.4 Å². The Morgan fingerprint density at radius 3 is 2.77 bits per heavy atom. The standard InChI is InChI=1S/C29H32ClN7O3/c1-6-24(38)36-14-17(12-18(36)15-40-5)37-28(32-4)25(27(31)39)21(35-37)8-7-16-11-23-19(13-20(16)30)26-22(33-34-23)9-10-29(26,2)3/h6,11,13,17-18,32H,1,9-10,12,14-15H2,2-5H3,(H2,31,39)/t17-,18+/m0/s1. The third-order valence-electron chi connectivity index (χ3n) is 7.85. The number of likely N-dealkylation sites (tertiary alicyclic amines) is 1. The van der Waals surface area contributed by atoms with E-state index in [1.54, 1.807) is 23.7 Å². The van der Waals surface area contributed by atoms with Crippen molar-refractivity contribution in [3.63, 3.8) is 0 Å². The van der Waals surface area contributed by atoms with Crippen molar-refractivity contribution >= 4 is 40.1 Å². The molecule has 0 saturated carbocycles. The first-order valence-corrected chi connectivity index (χ1v) is 13.5. The fourth-order valence-electron chi connectivity index (χ4n) is 5.94. The van der Waals surface area contributed by atoms with Crippen LogP contribution in [0.15, 0.2) is 24.8 Å². The van der Waals surface area contributed by atoms with Gasteiger partial charge in [-0.1, -0.05) is 37.9 Å². The van der Waals surface area contributed by atoms with Crippen LogP contribution in [0.2, 0.25) is 5.02 Å². The van der Waals surface area contributed by atoms with Crippen molar-refractivity contribution in [1.29, 1.82) is 0 Å². The lowest BCUT2D eigenvalue weighted by Gasteiger charge is -2.22. The molecule has 10 nitrogen and oxygen atoms in total. The molecule has 1 aromatic carbocycles. The third kappa shape index (κ3) is 4.69. The highest BCUT2D eigenvalue weighted by atomic mass is 35.5. The highest BCUT2D eigenvalue weighted by Gasteiger charge is 2.38. The van der Waals surface area contributed by atoms with Crippen LogP contribution >= 0.6 is 11.6 Å². The number of carbonyl (C=O) groups excluding carboxylic acids is 2. The number of rotatable bonds is 6. The second-order valence-electron chi connectivity index (χ2n) is 10.8. The van der Waals surface area contributed by atoms with E-state index in [1.807, 2.05) is 12.1 Å². The third-order valence-corrected chi connectivity index (χ3v) is 8.16. The summed E-state index contributed by atoms with van der Waals surface area (Å²) in [4.78, 5) is 26.7. The lowest BCUT2D eigenvalue weighted by atomic mass is 9.85. The summed E-state index contributed by atoms with van der Waals surface area (Å²) in [5.74, 6) is 5.64. The van der Waals surface area contributed by atoms with Crippen LogP contribution in [0.25, 0.3) is 10.9 Å². The lowest BCUT2D eigenvalue weighted by Crippen LogP contribution is -2.37. The molecule has 1 fully saturated rings. The number of hydrogen-bond donors (Lipinski definition) is 2. The van der Waals surface area contributed by atoms with Crippen LogP contribution in [0.3, 0.4) is 0 Å². The molecule has 1 aliphatic heterocycles. The maximum Gasteiger partial charge on any atom is 0.255 e. The van der Waals surface area contributed by atoms with Gasteiger partial charge in [-0.15, -0.1) is 0 Å². The van der Waals surface area contributed by atoms with Gasteiger partial charge in [0.2, 0.25) is 5.91 Å². The largest absolute Gasteiger partial charge is 0.383 e. The highest BCUT2D eigenvalue weighted by Crippen LogP contribution is 2.42. The summed E-state index contributed by atoms with van der Waals surface area (Å²) in [6.45, 7) is 8.76. The van der Waals surface area contributed by atoms with Crippen LogP contribution in [0.4, 0.5) is 5.82 Å². The SMILES string of the molecule is C=CC(=O)N1C[C@@H](n2nc(C#Cc3cc4nnc5c(c4cc3Cl)C(C)(C)CC5)c(C(N)=O)c2NC)C[C@@H]1COC. The zero-order valence-electron chi connectivity index (χ0n) is 23.0. The van der Waals surface area contributed by atoms with Crippen LogP contribution in [0.1, 0.15) is 65.6 Å². The van der Waals surface area contributed by atoms with Crippen LogP contribution in [-0.2, 0) is 21.4 Å². The molecule has 3 aromatic rings. The van der Waals surface area contributed by atoms with Gasteiger partial charge in [-0.3, -0.25) is 9.59 Å². The molecule has 1 saturated heterocycles. The van der Waals surface area contributed by atoms with E-state index in [4.69, 9.17) is 22.1 Å². The van der Waals surface area contributed by atoms with Crippen LogP contribution in [0, 0.1) is 11.8 Å². The number of anilines is 1. The predicted molar refractivity (Wildman–Crippen MR) is 153 cm³/mol. The quantitative estimate of drug-likeness (QED) is 0.349. The van der Waals surface area contributed by atoms with E-state index in [0.717, 1.165) is 23.9 Å². The number of carbonyl (C=O) groups is 2. The van der Waals surface area contributed by atoms with Crippen molar-refractivity contribution < 1.29 is 14.3 Å². The van der Waals surface area contributed by atoms with Crippen LogP contribution in [-0.4, -0.2) is 70.0 Å². The van der Waals surface area contributed by atoms with Crippen LogP contribution in [0.5, 0.6) is 0 Å². The number of nitrogens with zero attached hydrogens (tertiary/aromatic N) is 5. The topological polar surface area (TPSA) is 128 Å². The number of nitrogens with two attached hydrogens (primary N) is 1. The summed E-state index contributed by atoms with van der Waals surface area (Å²) in [5, 5.41) is 18.1. The molecule has 40 heavy (non-hydrogen) atoms. The molecular formula is C29H32ClN7O3. The number of aryl methyl sites for hydroxylation is 1.